The molecule has 0 N–H and O–H groups in total. The van der Waals surface area contributed by atoms with Gasteiger partial charge in [-0.3, -0.25) is 0 Å². The molecule has 106 valence electrons. The van der Waals surface area contributed by atoms with Crippen molar-refractivity contribution in [1.29, 1.82) is 0 Å². The first-order valence-corrected chi connectivity index (χ1v) is 5.09. The predicted molar refractivity (Wildman–Crippen MR) is 54.5 cm³/mol. The second-order valence-electron chi connectivity index (χ2n) is 3.77. The van der Waals surface area contributed by atoms with E-state index < -0.39 is 46.4 Å². The van der Waals surface area contributed by atoms with Crippen molar-refractivity contribution in [3.8, 4) is 11.1 Å². The third-order valence-corrected chi connectivity index (χ3v) is 2.48. The number of aromatic nitrogens is 1. The topological polar surface area (TPSA) is 12.9 Å². The van der Waals surface area contributed by atoms with Crippen LogP contribution >= 0.6 is 0 Å². The van der Waals surface area contributed by atoms with Crippen LogP contribution in [0, 0.1) is 23.5 Å². The summed E-state index contributed by atoms with van der Waals surface area (Å²) in [4.78, 5) is 2.32. The fourth-order valence-corrected chi connectivity index (χ4v) is 1.59. The normalized spacial score (nSPS) is 11.8. The van der Waals surface area contributed by atoms with Crippen LogP contribution in [0.3, 0.4) is 0 Å². The van der Waals surface area contributed by atoms with Crippen LogP contribution in [0.1, 0.15) is 5.56 Å². The van der Waals surface area contributed by atoms with E-state index >= 15 is 0 Å². The Kier molecular flexibility index (Phi) is 3.41. The van der Waals surface area contributed by atoms with Gasteiger partial charge in [0.1, 0.15) is 0 Å². The summed E-state index contributed by atoms with van der Waals surface area (Å²) in [6, 6.07) is 2.82. The summed E-state index contributed by atoms with van der Waals surface area (Å²) < 4.78 is 90.2. The summed E-state index contributed by atoms with van der Waals surface area (Å²) in [7, 11) is 0. The fraction of sp³-hybridized carbons (Fsp3) is 0.0833. The number of nitrogens with zero attached hydrogens (tertiary/aromatic N) is 1. The summed E-state index contributed by atoms with van der Waals surface area (Å²) in [5.74, 6) is -7.58. The van der Waals surface area contributed by atoms with Gasteiger partial charge in [0, 0.05) is 0 Å². The standard InChI is InChI=1S/C12H4F7N/c13-8-7(9(14)11(16)20-10(8)15)5-2-1-3-6(4-5)12(17,18)19/h1-4H. The van der Waals surface area contributed by atoms with Crippen molar-refractivity contribution in [1.82, 2.24) is 4.98 Å². The summed E-state index contributed by atoms with van der Waals surface area (Å²) in [5, 5.41) is 0. The number of halogens is 7. The van der Waals surface area contributed by atoms with E-state index in [1.54, 1.807) is 0 Å². The minimum Gasteiger partial charge on any atom is -0.201 e. The number of hydrogen-bond donors (Lipinski definition) is 0. The van der Waals surface area contributed by atoms with E-state index in [0.717, 1.165) is 12.1 Å². The van der Waals surface area contributed by atoms with Gasteiger partial charge in [0.15, 0.2) is 11.6 Å². The lowest BCUT2D eigenvalue weighted by molar-refractivity contribution is -0.137. The van der Waals surface area contributed by atoms with Crippen molar-refractivity contribution >= 4 is 0 Å². The molecule has 0 aliphatic rings. The van der Waals surface area contributed by atoms with Gasteiger partial charge in [-0.2, -0.15) is 26.9 Å². The first kappa shape index (κ1) is 14.3. The van der Waals surface area contributed by atoms with E-state index in [1.165, 1.54) is 0 Å². The fourth-order valence-electron chi connectivity index (χ4n) is 1.59. The Bertz CT molecular complexity index is 637. The van der Waals surface area contributed by atoms with Crippen LogP contribution in [0.2, 0.25) is 0 Å². The van der Waals surface area contributed by atoms with Gasteiger partial charge in [-0.15, -0.1) is 0 Å². The maximum Gasteiger partial charge on any atom is 0.416 e. The molecular formula is C12H4F7N. The Balaban J connectivity index is 2.70. The van der Waals surface area contributed by atoms with E-state index in [-0.39, 0.29) is 0 Å². The van der Waals surface area contributed by atoms with E-state index in [9.17, 15) is 30.7 Å². The molecule has 1 aromatic heterocycles. The highest BCUT2D eigenvalue weighted by atomic mass is 19.4. The number of hydrogen-bond acceptors (Lipinski definition) is 1. The van der Waals surface area contributed by atoms with Crippen LogP contribution in [0.4, 0.5) is 30.7 Å². The largest absolute Gasteiger partial charge is 0.416 e. The van der Waals surface area contributed by atoms with Gasteiger partial charge in [0.2, 0.25) is 0 Å². The van der Waals surface area contributed by atoms with E-state index in [1.807, 2.05) is 0 Å². The zero-order valence-corrected chi connectivity index (χ0v) is 9.40. The SMILES string of the molecule is Fc1nc(F)c(F)c(-c2cccc(C(F)(F)F)c2)c1F. The van der Waals surface area contributed by atoms with Crippen LogP contribution in [-0.2, 0) is 6.18 Å². The molecule has 20 heavy (non-hydrogen) atoms. The first-order chi connectivity index (χ1) is 9.21. The van der Waals surface area contributed by atoms with Gasteiger partial charge in [0.05, 0.1) is 11.1 Å². The second kappa shape index (κ2) is 4.77. The van der Waals surface area contributed by atoms with Gasteiger partial charge in [-0.05, 0) is 17.7 Å². The van der Waals surface area contributed by atoms with Crippen molar-refractivity contribution in [3.63, 3.8) is 0 Å². The minimum atomic E-state index is -4.76. The third kappa shape index (κ3) is 2.45. The molecule has 0 amide bonds. The molecule has 1 aromatic carbocycles. The monoisotopic (exact) mass is 295 g/mol. The van der Waals surface area contributed by atoms with Crippen molar-refractivity contribution in [2.45, 2.75) is 6.18 Å². The highest BCUT2D eigenvalue weighted by Gasteiger charge is 2.31. The Morgan fingerprint density at radius 2 is 1.40 bits per heavy atom. The van der Waals surface area contributed by atoms with Crippen molar-refractivity contribution in [2.75, 3.05) is 0 Å². The minimum absolute atomic E-state index is 0.389. The highest BCUT2D eigenvalue weighted by Crippen LogP contribution is 2.34. The van der Waals surface area contributed by atoms with Crippen molar-refractivity contribution in [3.05, 3.63) is 53.4 Å². The van der Waals surface area contributed by atoms with Crippen LogP contribution < -0.4 is 0 Å². The maximum atomic E-state index is 13.4. The van der Waals surface area contributed by atoms with Gasteiger partial charge in [-0.1, -0.05) is 12.1 Å². The average Bonchev–Trinajstić information content (AvgIpc) is 2.36. The average molecular weight is 295 g/mol. The molecule has 0 spiro atoms. The molecule has 1 nitrogen and oxygen atoms in total. The zero-order valence-electron chi connectivity index (χ0n) is 9.40. The molecule has 2 rings (SSSR count). The third-order valence-electron chi connectivity index (χ3n) is 2.48. The summed E-state index contributed by atoms with van der Waals surface area (Å²) in [6.07, 6.45) is -4.76. The predicted octanol–water partition coefficient (Wildman–Crippen LogP) is 4.32. The van der Waals surface area contributed by atoms with Crippen molar-refractivity contribution in [2.24, 2.45) is 0 Å². The van der Waals surface area contributed by atoms with E-state index in [0.29, 0.717) is 12.1 Å². The summed E-state index contributed by atoms with van der Waals surface area (Å²) >= 11 is 0. The smallest absolute Gasteiger partial charge is 0.201 e. The first-order valence-electron chi connectivity index (χ1n) is 5.09. The molecular weight excluding hydrogens is 291 g/mol. The lowest BCUT2D eigenvalue weighted by Gasteiger charge is -2.10. The molecule has 0 atom stereocenters. The number of pyridine rings is 1. The molecule has 0 aliphatic heterocycles. The number of benzene rings is 1. The Labute approximate surface area is 107 Å². The van der Waals surface area contributed by atoms with Crippen molar-refractivity contribution < 1.29 is 30.7 Å². The van der Waals surface area contributed by atoms with Crippen LogP contribution in [0.5, 0.6) is 0 Å². The molecule has 0 saturated heterocycles. The Hall–Kier alpha value is -2.12. The molecule has 1 heterocycles. The van der Waals surface area contributed by atoms with Crippen LogP contribution in [-0.4, -0.2) is 4.98 Å². The Morgan fingerprint density at radius 3 is 1.90 bits per heavy atom. The van der Waals surface area contributed by atoms with E-state index in [2.05, 4.69) is 4.98 Å². The highest BCUT2D eigenvalue weighted by molar-refractivity contribution is 5.65. The van der Waals surface area contributed by atoms with Crippen LogP contribution in [0.25, 0.3) is 11.1 Å². The van der Waals surface area contributed by atoms with Gasteiger partial charge in [-0.25, -0.2) is 8.78 Å². The van der Waals surface area contributed by atoms with Gasteiger partial charge in [0.25, 0.3) is 11.9 Å². The number of alkyl halides is 3. The molecule has 0 fully saturated rings. The lowest BCUT2D eigenvalue weighted by Crippen LogP contribution is -2.06. The van der Waals surface area contributed by atoms with Crippen LogP contribution in [0.15, 0.2) is 24.3 Å². The maximum absolute atomic E-state index is 13.4. The molecule has 2 aromatic rings. The quantitative estimate of drug-likeness (QED) is 0.564. The van der Waals surface area contributed by atoms with Gasteiger partial charge < -0.3 is 0 Å². The molecule has 0 radical (unpaired) electrons. The molecule has 0 unspecified atom stereocenters. The molecule has 8 heteroatoms. The lowest BCUT2D eigenvalue weighted by atomic mass is 10.0. The molecule has 0 bridgehead atoms. The summed E-state index contributed by atoms with van der Waals surface area (Å²) in [6.45, 7) is 0. The molecule has 0 aliphatic carbocycles. The molecule has 0 saturated carbocycles. The second-order valence-corrected chi connectivity index (χ2v) is 3.77. The van der Waals surface area contributed by atoms with Gasteiger partial charge >= 0.3 is 6.18 Å². The number of rotatable bonds is 1. The van der Waals surface area contributed by atoms with E-state index in [4.69, 9.17) is 0 Å². The Morgan fingerprint density at radius 1 is 0.850 bits per heavy atom. The zero-order chi connectivity index (χ0) is 15.1. The summed E-state index contributed by atoms with van der Waals surface area (Å²) in [5.41, 5.74) is -3.08.